The molecule has 0 aromatic carbocycles. The van der Waals surface area contributed by atoms with Gasteiger partial charge in [0, 0.05) is 12.7 Å². The Kier molecular flexibility index (Phi) is 3.96. The van der Waals surface area contributed by atoms with Crippen molar-refractivity contribution in [2.45, 2.75) is 37.8 Å². The van der Waals surface area contributed by atoms with E-state index in [0.29, 0.717) is 12.4 Å². The fourth-order valence-corrected chi connectivity index (χ4v) is 2.84. The lowest BCUT2D eigenvalue weighted by Gasteiger charge is -2.13. The fraction of sp³-hybridized carbons (Fsp3) is 0.500. The van der Waals surface area contributed by atoms with Gasteiger partial charge in [0.05, 0.1) is 12.2 Å². The van der Waals surface area contributed by atoms with Gasteiger partial charge in [-0.15, -0.1) is 0 Å². The van der Waals surface area contributed by atoms with Crippen molar-refractivity contribution in [3.05, 3.63) is 24.5 Å². The van der Waals surface area contributed by atoms with Crippen LogP contribution in [0, 0.1) is 0 Å². The summed E-state index contributed by atoms with van der Waals surface area (Å²) in [7, 11) is -3.60. The number of hydrogen-bond donors (Lipinski definition) is 2. The Morgan fingerprint density at radius 2 is 2.32 bits per heavy atom. The van der Waals surface area contributed by atoms with E-state index in [9.17, 15) is 8.42 Å². The molecule has 0 aliphatic heterocycles. The molecule has 0 amide bonds. The molecule has 2 heterocycles. The summed E-state index contributed by atoms with van der Waals surface area (Å²) in [6.07, 6.45) is 4.91. The maximum absolute atomic E-state index is 12.0. The molecule has 0 aliphatic carbocycles. The Balaban J connectivity index is 2.17. The van der Waals surface area contributed by atoms with Crippen molar-refractivity contribution in [3.8, 4) is 0 Å². The summed E-state index contributed by atoms with van der Waals surface area (Å²) in [5, 5.41) is 10.2. The maximum atomic E-state index is 12.0. The van der Waals surface area contributed by atoms with Crippen LogP contribution in [0.15, 0.2) is 23.6 Å². The minimum absolute atomic E-state index is 0.0981. The summed E-state index contributed by atoms with van der Waals surface area (Å²) in [5.74, 6) is 0.592. The summed E-state index contributed by atoms with van der Waals surface area (Å²) in [6, 6.07) is -0.464. The average molecular weight is 284 g/mol. The van der Waals surface area contributed by atoms with Gasteiger partial charge in [-0.2, -0.15) is 10.2 Å². The molecular weight excluding hydrogens is 268 g/mol. The molecule has 8 nitrogen and oxygen atoms in total. The number of aromatic amines is 1. The van der Waals surface area contributed by atoms with Gasteiger partial charge in [0.15, 0.2) is 0 Å². The average Bonchev–Trinajstić information content (AvgIpc) is 2.99. The van der Waals surface area contributed by atoms with E-state index in [0.717, 1.165) is 6.42 Å². The minimum Gasteiger partial charge on any atom is -0.284 e. The zero-order valence-electron chi connectivity index (χ0n) is 10.7. The van der Waals surface area contributed by atoms with E-state index in [4.69, 9.17) is 0 Å². The second-order valence-corrected chi connectivity index (χ2v) is 5.83. The third-order valence-corrected chi connectivity index (χ3v) is 4.09. The van der Waals surface area contributed by atoms with Crippen molar-refractivity contribution in [2.24, 2.45) is 0 Å². The molecule has 0 fully saturated rings. The molecule has 1 atom stereocenters. The molecule has 0 saturated heterocycles. The van der Waals surface area contributed by atoms with E-state index >= 15 is 0 Å². The zero-order valence-corrected chi connectivity index (χ0v) is 11.6. The molecule has 2 rings (SSSR count). The van der Waals surface area contributed by atoms with Crippen LogP contribution in [0.25, 0.3) is 0 Å². The first-order valence-corrected chi connectivity index (χ1v) is 7.41. The molecule has 104 valence electrons. The van der Waals surface area contributed by atoms with E-state index in [1.54, 1.807) is 11.6 Å². The van der Waals surface area contributed by atoms with Gasteiger partial charge in [0.1, 0.15) is 17.0 Å². The Labute approximate surface area is 111 Å². The zero-order chi connectivity index (χ0) is 13.9. The van der Waals surface area contributed by atoms with Gasteiger partial charge >= 0.3 is 0 Å². The first-order valence-electron chi connectivity index (χ1n) is 5.93. The molecule has 19 heavy (non-hydrogen) atoms. The van der Waals surface area contributed by atoms with E-state index in [1.807, 2.05) is 6.92 Å². The predicted octanol–water partition coefficient (Wildman–Crippen LogP) is 0.451. The number of sulfonamides is 1. The topological polar surface area (TPSA) is 106 Å². The van der Waals surface area contributed by atoms with Gasteiger partial charge in [-0.25, -0.2) is 22.8 Å². The van der Waals surface area contributed by atoms with Crippen LogP contribution in [0.4, 0.5) is 0 Å². The molecule has 2 N–H and O–H groups in total. The second-order valence-electron chi connectivity index (χ2n) is 4.12. The molecule has 9 heteroatoms. The smallest absolute Gasteiger partial charge is 0.244 e. The number of hydrogen-bond acceptors (Lipinski definition) is 5. The van der Waals surface area contributed by atoms with Gasteiger partial charge in [-0.3, -0.25) is 5.10 Å². The van der Waals surface area contributed by atoms with Crippen molar-refractivity contribution in [1.82, 2.24) is 29.7 Å². The highest BCUT2D eigenvalue weighted by atomic mass is 32.2. The van der Waals surface area contributed by atoms with E-state index in [2.05, 4.69) is 25.0 Å². The van der Waals surface area contributed by atoms with Crippen molar-refractivity contribution in [2.75, 3.05) is 0 Å². The highest BCUT2D eigenvalue weighted by Crippen LogP contribution is 2.14. The van der Waals surface area contributed by atoms with Crippen LogP contribution in [-0.2, 0) is 16.6 Å². The molecule has 0 saturated carbocycles. The summed E-state index contributed by atoms with van der Waals surface area (Å²) in [4.78, 5) is 4.20. The Hall–Kier alpha value is -1.74. The first-order chi connectivity index (χ1) is 9.04. The number of aryl methyl sites for hydroxylation is 1. The number of aromatic nitrogens is 5. The maximum Gasteiger partial charge on any atom is 0.244 e. The molecule has 0 spiro atoms. The lowest BCUT2D eigenvalue weighted by molar-refractivity contribution is 0.515. The van der Waals surface area contributed by atoms with Crippen molar-refractivity contribution in [1.29, 1.82) is 0 Å². The normalized spacial score (nSPS) is 13.6. The van der Waals surface area contributed by atoms with Gasteiger partial charge in [-0.05, 0) is 13.3 Å². The van der Waals surface area contributed by atoms with Gasteiger partial charge in [0.25, 0.3) is 0 Å². The molecular formula is C10H16N6O2S. The molecule has 2 aromatic heterocycles. The summed E-state index contributed by atoms with van der Waals surface area (Å²) in [5.41, 5.74) is 0. The Bertz CT molecular complexity index is 618. The third kappa shape index (κ3) is 2.99. The summed E-state index contributed by atoms with van der Waals surface area (Å²) in [6.45, 7) is 4.45. The van der Waals surface area contributed by atoms with Crippen LogP contribution in [0.2, 0.25) is 0 Å². The highest BCUT2D eigenvalue weighted by Gasteiger charge is 2.22. The van der Waals surface area contributed by atoms with Crippen LogP contribution in [-0.4, -0.2) is 33.4 Å². The minimum atomic E-state index is -3.60. The number of nitrogens with one attached hydrogen (secondary N) is 2. The number of nitrogens with zero attached hydrogens (tertiary/aromatic N) is 4. The van der Waals surface area contributed by atoms with Crippen molar-refractivity contribution < 1.29 is 8.42 Å². The summed E-state index contributed by atoms with van der Waals surface area (Å²) < 4.78 is 28.3. The number of H-pyrrole nitrogens is 1. The monoisotopic (exact) mass is 284 g/mol. The lowest BCUT2D eigenvalue weighted by atomic mass is 10.3. The second kappa shape index (κ2) is 5.49. The fourth-order valence-electron chi connectivity index (χ4n) is 1.73. The molecule has 0 bridgehead atoms. The van der Waals surface area contributed by atoms with Gasteiger partial charge in [-0.1, -0.05) is 6.92 Å². The first kappa shape index (κ1) is 13.7. The van der Waals surface area contributed by atoms with Gasteiger partial charge in [0.2, 0.25) is 10.0 Å². The summed E-state index contributed by atoms with van der Waals surface area (Å²) >= 11 is 0. The van der Waals surface area contributed by atoms with Crippen LogP contribution in [0.5, 0.6) is 0 Å². The SMILES string of the molecule is CCCn1ncnc1C(C)NS(=O)(=O)c1cn[nH]c1. The predicted molar refractivity (Wildman–Crippen MR) is 67.6 cm³/mol. The molecule has 2 aromatic rings. The largest absolute Gasteiger partial charge is 0.284 e. The van der Waals surface area contributed by atoms with Crippen LogP contribution < -0.4 is 4.72 Å². The van der Waals surface area contributed by atoms with E-state index in [1.165, 1.54) is 18.7 Å². The van der Waals surface area contributed by atoms with E-state index < -0.39 is 16.1 Å². The van der Waals surface area contributed by atoms with Crippen LogP contribution in [0.1, 0.15) is 32.1 Å². The van der Waals surface area contributed by atoms with Crippen LogP contribution in [0.3, 0.4) is 0 Å². The third-order valence-electron chi connectivity index (χ3n) is 2.58. The quantitative estimate of drug-likeness (QED) is 0.801. The molecule has 0 aliphatic rings. The lowest BCUT2D eigenvalue weighted by Crippen LogP contribution is -2.28. The molecule has 0 radical (unpaired) electrons. The van der Waals surface area contributed by atoms with Crippen molar-refractivity contribution in [3.63, 3.8) is 0 Å². The van der Waals surface area contributed by atoms with E-state index in [-0.39, 0.29) is 4.90 Å². The van der Waals surface area contributed by atoms with Crippen LogP contribution >= 0.6 is 0 Å². The Morgan fingerprint density at radius 3 is 2.95 bits per heavy atom. The van der Waals surface area contributed by atoms with Crippen molar-refractivity contribution >= 4 is 10.0 Å². The standard InChI is InChI=1S/C10H16N6O2S/c1-3-4-16-10(11-7-14-16)8(2)15-19(17,18)9-5-12-13-6-9/h5-8,15H,3-4H2,1-2H3,(H,12,13). The Morgan fingerprint density at radius 1 is 1.53 bits per heavy atom. The number of rotatable bonds is 6. The molecule has 1 unspecified atom stereocenters. The van der Waals surface area contributed by atoms with Gasteiger partial charge < -0.3 is 0 Å². The highest BCUT2D eigenvalue weighted by molar-refractivity contribution is 7.89.